The molecule has 0 unspecified atom stereocenters. The van der Waals surface area contributed by atoms with E-state index in [1.165, 1.54) is 39.5 Å². The second-order valence-electron chi connectivity index (χ2n) is 19.6. The van der Waals surface area contributed by atoms with Crippen LogP contribution in [0.4, 0.5) is 0 Å². The van der Waals surface area contributed by atoms with Crippen molar-refractivity contribution in [3.05, 3.63) is 144 Å². The van der Waals surface area contributed by atoms with E-state index in [1.807, 2.05) is 0 Å². The Balaban J connectivity index is 1.10. The van der Waals surface area contributed by atoms with Crippen LogP contribution in [-0.4, -0.2) is 11.3 Å². The molecular formula is C54H60P2. The van der Waals surface area contributed by atoms with E-state index in [-0.39, 0.29) is 7.92 Å². The summed E-state index contributed by atoms with van der Waals surface area (Å²) in [6.45, 7) is 4.71. The number of aryl methyl sites for hydroxylation is 2. The van der Waals surface area contributed by atoms with Crippen molar-refractivity contribution in [3.63, 3.8) is 0 Å². The molecule has 286 valence electrons. The van der Waals surface area contributed by atoms with Gasteiger partial charge in [0.05, 0.1) is 0 Å². The number of rotatable bonds is 10. The third-order valence-corrected chi connectivity index (χ3v) is 22.9. The Morgan fingerprint density at radius 3 is 1.16 bits per heavy atom. The molecule has 0 aliphatic heterocycles. The van der Waals surface area contributed by atoms with Crippen LogP contribution in [0.25, 0.3) is 22.3 Å². The van der Waals surface area contributed by atoms with E-state index in [2.05, 4.69) is 135 Å². The molecule has 0 nitrogen and oxygen atoms in total. The monoisotopic (exact) mass is 770 g/mol. The highest BCUT2D eigenvalue weighted by Gasteiger charge is 2.56. The van der Waals surface area contributed by atoms with E-state index >= 15 is 0 Å². The van der Waals surface area contributed by atoms with Crippen LogP contribution in [0.5, 0.6) is 0 Å². The first kappa shape index (κ1) is 36.1. The molecule has 0 N–H and O–H groups in total. The lowest BCUT2D eigenvalue weighted by molar-refractivity contribution is 0.0129. The molecule has 0 amide bonds. The lowest BCUT2D eigenvalue weighted by Crippen LogP contribution is -2.52. The van der Waals surface area contributed by atoms with Crippen molar-refractivity contribution in [2.45, 2.75) is 102 Å². The number of benzene rings is 5. The van der Waals surface area contributed by atoms with Crippen LogP contribution in [0.1, 0.15) is 86.5 Å². The first-order valence-corrected chi connectivity index (χ1v) is 25.6. The van der Waals surface area contributed by atoms with Crippen LogP contribution in [0.15, 0.2) is 121 Å². The van der Waals surface area contributed by atoms with Gasteiger partial charge >= 0.3 is 0 Å². The second-order valence-corrected chi connectivity index (χ2v) is 24.2. The maximum atomic E-state index is 2.78. The molecule has 0 spiro atoms. The van der Waals surface area contributed by atoms with E-state index in [0.717, 1.165) is 64.8 Å². The van der Waals surface area contributed by atoms with Crippen LogP contribution in [0.3, 0.4) is 0 Å². The predicted molar refractivity (Wildman–Crippen MR) is 242 cm³/mol. The molecule has 0 radical (unpaired) electrons. The van der Waals surface area contributed by atoms with Gasteiger partial charge in [-0.15, -0.1) is 0 Å². The van der Waals surface area contributed by atoms with Gasteiger partial charge < -0.3 is 0 Å². The van der Waals surface area contributed by atoms with Gasteiger partial charge in [0.25, 0.3) is 0 Å². The number of hydrogen-bond acceptors (Lipinski definition) is 0. The highest BCUT2D eigenvalue weighted by atomic mass is 31.1. The standard InChI is InChI=1S/C54H60P2/c1-35-13-9-11-19-51(35)55(52-20-12-10-14-36(52)2)33-47-31-49(41-15-5-3-6-16-41)50(42-17-7-4-8-18-42)32-48(47)34-56(53-43-23-37-21-38(25-43)26-44(53)24-37)54-45-27-39-22-40(29-45)30-46(54)28-39/h3-20,31-32,37-40,43-46,53-54H,21-30,33-34H2,1-2H3. The van der Waals surface area contributed by atoms with Gasteiger partial charge in [-0.05, 0) is 218 Å². The van der Waals surface area contributed by atoms with Gasteiger partial charge in [0.15, 0.2) is 0 Å². The molecule has 56 heavy (non-hydrogen) atoms. The average Bonchev–Trinajstić information content (AvgIpc) is 3.20. The zero-order valence-corrected chi connectivity index (χ0v) is 35.5. The molecule has 8 aliphatic rings. The maximum Gasteiger partial charge on any atom is 0.00107 e. The smallest absolute Gasteiger partial charge is 0.00107 e. The summed E-state index contributed by atoms with van der Waals surface area (Å²) in [6, 6.07) is 47.0. The molecule has 0 aromatic heterocycles. The van der Waals surface area contributed by atoms with Gasteiger partial charge in [-0.3, -0.25) is 0 Å². The highest BCUT2D eigenvalue weighted by Crippen LogP contribution is 2.72. The summed E-state index contributed by atoms with van der Waals surface area (Å²) in [4.78, 5) is 0. The topological polar surface area (TPSA) is 0 Å². The summed E-state index contributed by atoms with van der Waals surface area (Å²) in [6.07, 6.45) is 18.1. The molecule has 8 saturated carbocycles. The zero-order valence-electron chi connectivity index (χ0n) is 33.7. The summed E-state index contributed by atoms with van der Waals surface area (Å²) in [5, 5.41) is 3.11. The third-order valence-electron chi connectivity index (χ3n) is 16.1. The fourth-order valence-electron chi connectivity index (χ4n) is 14.4. The van der Waals surface area contributed by atoms with Crippen molar-refractivity contribution >= 4 is 26.5 Å². The second kappa shape index (κ2) is 15.0. The Morgan fingerprint density at radius 1 is 0.411 bits per heavy atom. The normalized spacial score (nSPS) is 31.6. The summed E-state index contributed by atoms with van der Waals surface area (Å²) in [5.74, 6) is 8.19. The van der Waals surface area contributed by atoms with Crippen molar-refractivity contribution < 1.29 is 0 Å². The maximum absolute atomic E-state index is 2.78. The van der Waals surface area contributed by atoms with Crippen molar-refractivity contribution in [3.8, 4) is 22.3 Å². The van der Waals surface area contributed by atoms with Crippen LogP contribution in [0, 0.1) is 61.2 Å². The summed E-state index contributed by atoms with van der Waals surface area (Å²) in [5.41, 5.74) is 13.8. The van der Waals surface area contributed by atoms with Gasteiger partial charge in [0.1, 0.15) is 0 Å². The van der Waals surface area contributed by atoms with Gasteiger partial charge in [0.2, 0.25) is 0 Å². The minimum atomic E-state index is -0.596. The molecule has 0 heterocycles. The Bertz CT molecular complexity index is 2040. The predicted octanol–water partition coefficient (Wildman–Crippen LogP) is 13.9. The molecule has 0 saturated heterocycles. The Kier molecular flexibility index (Phi) is 9.64. The first-order chi connectivity index (χ1) is 27.5. The van der Waals surface area contributed by atoms with Crippen LogP contribution < -0.4 is 10.6 Å². The van der Waals surface area contributed by atoms with Crippen molar-refractivity contribution in [2.24, 2.45) is 47.3 Å². The van der Waals surface area contributed by atoms with Crippen molar-refractivity contribution in [1.82, 2.24) is 0 Å². The van der Waals surface area contributed by atoms with Gasteiger partial charge in [-0.2, -0.15) is 0 Å². The van der Waals surface area contributed by atoms with Crippen LogP contribution in [-0.2, 0) is 12.3 Å². The van der Waals surface area contributed by atoms with E-state index < -0.39 is 7.92 Å². The number of hydrogen-bond donors (Lipinski definition) is 0. The van der Waals surface area contributed by atoms with Gasteiger partial charge in [0, 0.05) is 6.16 Å². The summed E-state index contributed by atoms with van der Waals surface area (Å²) >= 11 is 0. The molecule has 8 fully saturated rings. The molecular weight excluding hydrogens is 711 g/mol. The average molecular weight is 771 g/mol. The summed E-state index contributed by atoms with van der Waals surface area (Å²) in [7, 11) is -0.733. The minimum Gasteiger partial charge on any atom is -0.0947 e. The molecule has 8 aliphatic carbocycles. The molecule has 0 atom stereocenters. The zero-order chi connectivity index (χ0) is 37.3. The molecule has 8 bridgehead atoms. The lowest BCUT2D eigenvalue weighted by atomic mass is 9.55. The third kappa shape index (κ3) is 6.59. The Labute approximate surface area is 339 Å². The van der Waals surface area contributed by atoms with Gasteiger partial charge in [-0.25, -0.2) is 0 Å². The Morgan fingerprint density at radius 2 is 0.768 bits per heavy atom. The first-order valence-electron chi connectivity index (χ1n) is 22.4. The fourth-order valence-corrected chi connectivity index (χ4v) is 21.8. The van der Waals surface area contributed by atoms with E-state index in [9.17, 15) is 0 Å². The van der Waals surface area contributed by atoms with E-state index in [4.69, 9.17) is 0 Å². The van der Waals surface area contributed by atoms with E-state index in [0.29, 0.717) is 0 Å². The quantitative estimate of drug-likeness (QED) is 0.124. The largest absolute Gasteiger partial charge is 0.0947 e. The molecule has 13 rings (SSSR count). The Hall–Kier alpha value is -3.04. The molecule has 2 heteroatoms. The SMILES string of the molecule is Cc1ccccc1P(Cc1cc(-c2ccccc2)c(-c2ccccc2)cc1CP(C1C2CC3CC(C2)CC1C3)C1C2CC3CC(C2)CC1C3)c1ccccc1C. The summed E-state index contributed by atoms with van der Waals surface area (Å²) < 4.78 is 0. The van der Waals surface area contributed by atoms with Gasteiger partial charge in [-0.1, -0.05) is 117 Å². The van der Waals surface area contributed by atoms with Crippen LogP contribution >= 0.6 is 15.8 Å². The molecule has 5 aromatic rings. The lowest BCUT2D eigenvalue weighted by Gasteiger charge is -2.62. The minimum absolute atomic E-state index is 0.137. The van der Waals surface area contributed by atoms with E-state index in [1.54, 1.807) is 85.9 Å². The fraction of sp³-hybridized carbons (Fsp3) is 0.444. The molecule has 5 aromatic carbocycles. The van der Waals surface area contributed by atoms with Crippen molar-refractivity contribution in [2.75, 3.05) is 0 Å². The van der Waals surface area contributed by atoms with Crippen molar-refractivity contribution in [1.29, 1.82) is 0 Å². The van der Waals surface area contributed by atoms with Crippen LogP contribution in [0.2, 0.25) is 0 Å². The highest BCUT2D eigenvalue weighted by molar-refractivity contribution is 7.72.